The number of thiocarbonyl (C=S) groups is 1. The summed E-state index contributed by atoms with van der Waals surface area (Å²) < 4.78 is 3.58. The molecule has 0 aliphatic rings. The fourth-order valence-corrected chi connectivity index (χ4v) is 3.70. The van der Waals surface area contributed by atoms with Crippen molar-refractivity contribution in [2.45, 2.75) is 13.1 Å². The van der Waals surface area contributed by atoms with Crippen LogP contribution in [0.3, 0.4) is 0 Å². The van der Waals surface area contributed by atoms with E-state index in [-0.39, 0.29) is 0 Å². The minimum Gasteiger partial charge on any atom is -0.316 e. The van der Waals surface area contributed by atoms with Gasteiger partial charge in [0, 0.05) is 39.6 Å². The summed E-state index contributed by atoms with van der Waals surface area (Å²) in [6.45, 7) is 1.16. The van der Waals surface area contributed by atoms with E-state index in [0.29, 0.717) is 44.9 Å². The van der Waals surface area contributed by atoms with E-state index in [1.165, 1.54) is 0 Å². The molecule has 10 heteroatoms. The molecule has 4 aromatic rings. The van der Waals surface area contributed by atoms with E-state index in [9.17, 15) is 0 Å². The molecule has 158 valence electrons. The van der Waals surface area contributed by atoms with Crippen LogP contribution in [-0.4, -0.2) is 24.7 Å². The van der Waals surface area contributed by atoms with Crippen LogP contribution in [0, 0.1) is 0 Å². The summed E-state index contributed by atoms with van der Waals surface area (Å²) in [6, 6.07) is 16.7. The Kier molecular flexibility index (Phi) is 6.77. The lowest BCUT2D eigenvalue weighted by Crippen LogP contribution is -2.20. The SMILES string of the molecule is S=C(Nc1ccn(Cc2ccc(Cl)cc2)n1)Nc1ccn(Cc2ccc(Cl)cc2Cl)n1. The summed E-state index contributed by atoms with van der Waals surface area (Å²) in [5, 5.41) is 17.4. The quantitative estimate of drug-likeness (QED) is 0.327. The summed E-state index contributed by atoms with van der Waals surface area (Å²) in [6.07, 6.45) is 3.72. The van der Waals surface area contributed by atoms with Crippen molar-refractivity contribution in [1.82, 2.24) is 19.6 Å². The monoisotopic (exact) mass is 490 g/mol. The average Bonchev–Trinajstić information content (AvgIpc) is 3.35. The van der Waals surface area contributed by atoms with Crippen LogP contribution >= 0.6 is 47.0 Å². The highest BCUT2D eigenvalue weighted by Crippen LogP contribution is 2.22. The van der Waals surface area contributed by atoms with Gasteiger partial charge >= 0.3 is 0 Å². The molecule has 0 radical (unpaired) electrons. The number of aromatic nitrogens is 4. The molecule has 0 unspecified atom stereocenters. The third-order valence-electron chi connectivity index (χ3n) is 4.37. The second kappa shape index (κ2) is 9.70. The van der Waals surface area contributed by atoms with E-state index < -0.39 is 0 Å². The number of hydrogen-bond donors (Lipinski definition) is 2. The number of nitrogens with zero attached hydrogens (tertiary/aromatic N) is 4. The topological polar surface area (TPSA) is 59.7 Å². The normalized spacial score (nSPS) is 10.8. The predicted octanol–water partition coefficient (Wildman–Crippen LogP) is 5.95. The molecule has 0 bridgehead atoms. The Hall–Kier alpha value is -2.58. The van der Waals surface area contributed by atoms with Crippen molar-refractivity contribution in [1.29, 1.82) is 0 Å². The number of anilines is 2. The van der Waals surface area contributed by atoms with E-state index in [0.717, 1.165) is 11.1 Å². The Morgan fingerprint density at radius 2 is 1.35 bits per heavy atom. The summed E-state index contributed by atoms with van der Waals surface area (Å²) in [5.41, 5.74) is 2.03. The van der Waals surface area contributed by atoms with Gasteiger partial charge in [-0.05, 0) is 47.6 Å². The minimum absolute atomic E-state index is 0.395. The first-order chi connectivity index (χ1) is 14.9. The molecule has 2 heterocycles. The van der Waals surface area contributed by atoms with Crippen molar-refractivity contribution < 1.29 is 0 Å². The number of hydrogen-bond acceptors (Lipinski definition) is 3. The Morgan fingerprint density at radius 1 is 0.774 bits per heavy atom. The van der Waals surface area contributed by atoms with E-state index in [2.05, 4.69) is 20.8 Å². The molecule has 0 saturated carbocycles. The minimum atomic E-state index is 0.395. The zero-order valence-corrected chi connectivity index (χ0v) is 19.2. The van der Waals surface area contributed by atoms with Crippen molar-refractivity contribution in [3.63, 3.8) is 0 Å². The lowest BCUT2D eigenvalue weighted by Gasteiger charge is -2.07. The molecule has 2 aromatic heterocycles. The van der Waals surface area contributed by atoms with Crippen LogP contribution in [0.5, 0.6) is 0 Å². The molecule has 0 atom stereocenters. The van der Waals surface area contributed by atoms with Gasteiger partial charge in [-0.2, -0.15) is 10.2 Å². The Balaban J connectivity index is 1.32. The van der Waals surface area contributed by atoms with Gasteiger partial charge in [0.15, 0.2) is 16.7 Å². The maximum absolute atomic E-state index is 6.23. The molecule has 0 spiro atoms. The number of benzene rings is 2. The molecule has 0 aliphatic carbocycles. The lowest BCUT2D eigenvalue weighted by atomic mass is 10.2. The van der Waals surface area contributed by atoms with Gasteiger partial charge in [-0.1, -0.05) is 53.0 Å². The van der Waals surface area contributed by atoms with Crippen LogP contribution < -0.4 is 10.6 Å². The van der Waals surface area contributed by atoms with Crippen LogP contribution in [0.2, 0.25) is 15.1 Å². The zero-order valence-electron chi connectivity index (χ0n) is 16.1. The molecule has 0 saturated heterocycles. The highest BCUT2D eigenvalue weighted by atomic mass is 35.5. The fraction of sp³-hybridized carbons (Fsp3) is 0.0952. The van der Waals surface area contributed by atoms with Crippen molar-refractivity contribution in [3.05, 3.63) is 93.2 Å². The Morgan fingerprint density at radius 3 is 1.97 bits per heavy atom. The van der Waals surface area contributed by atoms with Crippen LogP contribution in [0.1, 0.15) is 11.1 Å². The molecule has 31 heavy (non-hydrogen) atoms. The van der Waals surface area contributed by atoms with Crippen LogP contribution in [0.15, 0.2) is 67.0 Å². The second-order valence-corrected chi connectivity index (χ2v) is 8.43. The number of halogens is 3. The van der Waals surface area contributed by atoms with E-state index in [1.807, 2.05) is 59.5 Å². The molecule has 0 amide bonds. The zero-order chi connectivity index (χ0) is 21.8. The first-order valence-corrected chi connectivity index (χ1v) is 10.8. The van der Waals surface area contributed by atoms with E-state index in [4.69, 9.17) is 47.0 Å². The second-order valence-electron chi connectivity index (χ2n) is 6.74. The van der Waals surface area contributed by atoms with Gasteiger partial charge in [0.05, 0.1) is 13.1 Å². The van der Waals surface area contributed by atoms with Gasteiger partial charge in [0.2, 0.25) is 0 Å². The molecular formula is C21H17Cl3N6S. The number of rotatable bonds is 6. The van der Waals surface area contributed by atoms with Crippen LogP contribution in [-0.2, 0) is 13.1 Å². The maximum Gasteiger partial charge on any atom is 0.177 e. The third-order valence-corrected chi connectivity index (χ3v) is 5.41. The molecule has 6 nitrogen and oxygen atoms in total. The fourth-order valence-electron chi connectivity index (χ4n) is 2.90. The number of nitrogens with one attached hydrogen (secondary N) is 2. The van der Waals surface area contributed by atoms with Gasteiger partial charge < -0.3 is 10.6 Å². The van der Waals surface area contributed by atoms with Crippen molar-refractivity contribution in [3.8, 4) is 0 Å². The first-order valence-electron chi connectivity index (χ1n) is 9.28. The first kappa shape index (κ1) is 21.6. The van der Waals surface area contributed by atoms with Gasteiger partial charge in [-0.3, -0.25) is 9.36 Å². The highest BCUT2D eigenvalue weighted by molar-refractivity contribution is 7.80. The van der Waals surface area contributed by atoms with E-state index in [1.54, 1.807) is 16.8 Å². The lowest BCUT2D eigenvalue weighted by molar-refractivity contribution is 0.689. The summed E-state index contributed by atoms with van der Waals surface area (Å²) >= 11 is 23.5. The Labute approximate surface area is 199 Å². The summed E-state index contributed by atoms with van der Waals surface area (Å²) in [7, 11) is 0. The largest absolute Gasteiger partial charge is 0.316 e. The van der Waals surface area contributed by atoms with Crippen molar-refractivity contribution >= 4 is 63.8 Å². The molecule has 2 aromatic carbocycles. The third kappa shape index (κ3) is 5.98. The molecule has 4 rings (SSSR count). The van der Waals surface area contributed by atoms with Crippen LogP contribution in [0.25, 0.3) is 0 Å². The van der Waals surface area contributed by atoms with Gasteiger partial charge in [-0.15, -0.1) is 0 Å². The average molecular weight is 492 g/mol. The highest BCUT2D eigenvalue weighted by Gasteiger charge is 2.07. The molecule has 0 aliphatic heterocycles. The van der Waals surface area contributed by atoms with Gasteiger partial charge in [0.1, 0.15) is 0 Å². The molecule has 0 fully saturated rings. The molecule has 2 N–H and O–H groups in total. The predicted molar refractivity (Wildman–Crippen MR) is 130 cm³/mol. The van der Waals surface area contributed by atoms with Crippen molar-refractivity contribution in [2.24, 2.45) is 0 Å². The summed E-state index contributed by atoms with van der Waals surface area (Å²) in [4.78, 5) is 0. The van der Waals surface area contributed by atoms with E-state index >= 15 is 0 Å². The molecular weight excluding hydrogens is 475 g/mol. The van der Waals surface area contributed by atoms with Crippen molar-refractivity contribution in [2.75, 3.05) is 10.6 Å². The standard InChI is InChI=1S/C21H17Cl3N6S/c22-16-4-1-14(2-5-16)12-29-9-7-19(27-29)25-21(31)26-20-8-10-30(28-20)13-15-3-6-17(23)11-18(15)24/h1-11H,12-13H2,(H2,25,26,27,28,31). The van der Waals surface area contributed by atoms with Crippen LogP contribution in [0.4, 0.5) is 11.6 Å². The maximum atomic E-state index is 6.23. The van der Waals surface area contributed by atoms with Gasteiger partial charge in [0.25, 0.3) is 0 Å². The summed E-state index contributed by atoms with van der Waals surface area (Å²) in [5.74, 6) is 1.25. The van der Waals surface area contributed by atoms with Gasteiger partial charge in [-0.25, -0.2) is 0 Å². The smallest absolute Gasteiger partial charge is 0.177 e. The Bertz CT molecular complexity index is 1200.